The van der Waals surface area contributed by atoms with Crippen LogP contribution in [0, 0.1) is 0 Å². The van der Waals surface area contributed by atoms with Crippen LogP contribution in [0.1, 0.15) is 40.9 Å². The van der Waals surface area contributed by atoms with Gasteiger partial charge < -0.3 is 9.80 Å². The second-order valence-electron chi connectivity index (χ2n) is 17.7. The van der Waals surface area contributed by atoms with Gasteiger partial charge in [0.15, 0.2) is 5.78 Å². The number of fused-ring (bicyclic) bond motifs is 2. The molecular weight excluding hydrogens is 813 g/mol. The Bertz CT molecular complexity index is 3330. The monoisotopic (exact) mass is 860 g/mol. The minimum Gasteiger partial charge on any atom is -0.311 e. The number of rotatable bonds is 10. The van der Waals surface area contributed by atoms with E-state index in [1.807, 2.05) is 54.6 Å². The Morgan fingerprint density at radius 1 is 0.343 bits per heavy atom. The molecule has 320 valence electrons. The van der Waals surface area contributed by atoms with Crippen LogP contribution in [0.25, 0.3) is 44.5 Å². The molecule has 0 N–H and O–H groups in total. The van der Waals surface area contributed by atoms with Crippen LogP contribution in [-0.4, -0.2) is 5.78 Å². The van der Waals surface area contributed by atoms with Crippen molar-refractivity contribution >= 4 is 39.9 Å². The standard InChI is InChI=1S/C64H48N2O/c1-64(2)59-20-12-13-21-61(59)66(56-18-10-5-11-19-56)62-43-38-54(44-60(62)64)51-36-41-58(42-37-51)65(55-16-8-4-9-17-55)57-39-34-50(35-40-57)48-28-26-46(27-29-48)45-22-24-47(25-23-45)49-30-32-53(33-31-49)63(67)52-14-6-3-7-15-52/h3-44H,1-2H3. The van der Waals surface area contributed by atoms with Crippen LogP contribution in [0.15, 0.2) is 255 Å². The van der Waals surface area contributed by atoms with Crippen LogP contribution < -0.4 is 9.80 Å². The van der Waals surface area contributed by atoms with Gasteiger partial charge in [0.25, 0.3) is 0 Å². The molecule has 0 spiro atoms. The molecule has 3 heteroatoms. The number of benzene rings is 10. The molecule has 10 aromatic rings. The number of hydrogen-bond acceptors (Lipinski definition) is 3. The van der Waals surface area contributed by atoms with Crippen LogP contribution in [0.2, 0.25) is 0 Å². The normalized spacial score (nSPS) is 12.5. The van der Waals surface area contributed by atoms with E-state index in [9.17, 15) is 4.79 Å². The molecule has 0 radical (unpaired) electrons. The molecule has 11 rings (SSSR count). The van der Waals surface area contributed by atoms with Crippen molar-refractivity contribution in [3.8, 4) is 44.5 Å². The number of carbonyl (C=O) groups excluding carboxylic acids is 1. The summed E-state index contributed by atoms with van der Waals surface area (Å²) >= 11 is 0. The number of para-hydroxylation sites is 3. The fourth-order valence-electron chi connectivity index (χ4n) is 9.65. The molecule has 0 saturated heterocycles. The lowest BCUT2D eigenvalue weighted by atomic mass is 9.73. The minimum absolute atomic E-state index is 0.0348. The zero-order chi connectivity index (χ0) is 45.3. The Balaban J connectivity index is 0.821. The van der Waals surface area contributed by atoms with Gasteiger partial charge in [0.2, 0.25) is 0 Å². The maximum Gasteiger partial charge on any atom is 0.193 e. The third-order valence-corrected chi connectivity index (χ3v) is 13.3. The molecule has 0 atom stereocenters. The quantitative estimate of drug-likeness (QED) is 0.128. The third-order valence-electron chi connectivity index (χ3n) is 13.3. The van der Waals surface area contributed by atoms with Crippen LogP contribution in [0.3, 0.4) is 0 Å². The maximum absolute atomic E-state index is 12.9. The second-order valence-corrected chi connectivity index (χ2v) is 17.7. The number of anilines is 6. The Morgan fingerprint density at radius 3 is 1.22 bits per heavy atom. The summed E-state index contributed by atoms with van der Waals surface area (Å²) in [6.07, 6.45) is 0. The van der Waals surface area contributed by atoms with E-state index in [2.05, 4.69) is 224 Å². The van der Waals surface area contributed by atoms with Gasteiger partial charge in [-0.15, -0.1) is 0 Å². The SMILES string of the molecule is CC1(C)c2ccccc2N(c2ccccc2)c2ccc(-c3ccc(N(c4ccccc4)c4ccc(-c5ccc(-c6ccc(-c7ccc(C(=O)c8ccccc8)cc7)cc6)cc5)cc4)cc3)cc21. The molecule has 0 saturated carbocycles. The molecule has 0 fully saturated rings. The first-order valence-corrected chi connectivity index (χ1v) is 23.0. The first-order chi connectivity index (χ1) is 32.9. The van der Waals surface area contributed by atoms with Crippen molar-refractivity contribution in [2.24, 2.45) is 0 Å². The number of carbonyl (C=O) groups is 1. The second kappa shape index (κ2) is 17.5. The molecule has 0 aromatic heterocycles. The molecule has 0 unspecified atom stereocenters. The first kappa shape index (κ1) is 41.2. The molecule has 0 aliphatic carbocycles. The van der Waals surface area contributed by atoms with Gasteiger partial charge in [0, 0.05) is 39.3 Å². The van der Waals surface area contributed by atoms with E-state index in [0.29, 0.717) is 11.1 Å². The van der Waals surface area contributed by atoms with E-state index in [4.69, 9.17) is 0 Å². The number of nitrogens with zero attached hydrogens (tertiary/aromatic N) is 2. The predicted octanol–water partition coefficient (Wildman–Crippen LogP) is 17.2. The van der Waals surface area contributed by atoms with Crippen LogP contribution >= 0.6 is 0 Å². The highest BCUT2D eigenvalue weighted by atomic mass is 16.1. The van der Waals surface area contributed by atoms with Crippen molar-refractivity contribution in [1.82, 2.24) is 0 Å². The highest BCUT2D eigenvalue weighted by Crippen LogP contribution is 2.52. The highest BCUT2D eigenvalue weighted by molar-refractivity contribution is 6.09. The fraction of sp³-hybridized carbons (Fsp3) is 0.0469. The molecule has 1 aliphatic rings. The highest BCUT2D eigenvalue weighted by Gasteiger charge is 2.37. The molecule has 67 heavy (non-hydrogen) atoms. The van der Waals surface area contributed by atoms with Crippen LogP contribution in [0.4, 0.5) is 34.1 Å². The first-order valence-electron chi connectivity index (χ1n) is 23.0. The van der Waals surface area contributed by atoms with Crippen LogP contribution in [0.5, 0.6) is 0 Å². The third kappa shape index (κ3) is 7.91. The van der Waals surface area contributed by atoms with Crippen molar-refractivity contribution in [2.75, 3.05) is 9.80 Å². The number of ketones is 1. The largest absolute Gasteiger partial charge is 0.311 e. The van der Waals surface area contributed by atoms with E-state index in [0.717, 1.165) is 56.1 Å². The summed E-state index contributed by atoms with van der Waals surface area (Å²) in [7, 11) is 0. The molecule has 1 aliphatic heterocycles. The van der Waals surface area contributed by atoms with Crippen molar-refractivity contribution in [2.45, 2.75) is 19.3 Å². The zero-order valence-corrected chi connectivity index (χ0v) is 37.6. The zero-order valence-electron chi connectivity index (χ0n) is 37.6. The summed E-state index contributed by atoms with van der Waals surface area (Å²) in [4.78, 5) is 17.6. The Morgan fingerprint density at radius 2 is 0.701 bits per heavy atom. The van der Waals surface area contributed by atoms with Gasteiger partial charge in [-0.3, -0.25) is 4.79 Å². The van der Waals surface area contributed by atoms with Gasteiger partial charge in [0.05, 0.1) is 11.4 Å². The Hall–Kier alpha value is -8.53. The number of hydrogen-bond donors (Lipinski definition) is 0. The minimum atomic E-state index is -0.179. The van der Waals surface area contributed by atoms with E-state index >= 15 is 0 Å². The molecule has 0 amide bonds. The summed E-state index contributed by atoms with van der Waals surface area (Å²) in [5, 5.41) is 0. The summed E-state index contributed by atoms with van der Waals surface area (Å²) in [5.74, 6) is 0.0348. The van der Waals surface area contributed by atoms with E-state index in [1.165, 1.54) is 33.6 Å². The maximum atomic E-state index is 12.9. The van der Waals surface area contributed by atoms with Crippen molar-refractivity contribution in [1.29, 1.82) is 0 Å². The summed E-state index contributed by atoms with van der Waals surface area (Å²) in [5.41, 5.74) is 19.9. The lowest BCUT2D eigenvalue weighted by Gasteiger charge is -2.42. The van der Waals surface area contributed by atoms with E-state index in [-0.39, 0.29) is 11.2 Å². The van der Waals surface area contributed by atoms with E-state index < -0.39 is 0 Å². The molecule has 10 aromatic carbocycles. The topological polar surface area (TPSA) is 23.6 Å². The summed E-state index contributed by atoms with van der Waals surface area (Å²) in [6.45, 7) is 4.69. The predicted molar refractivity (Wildman–Crippen MR) is 280 cm³/mol. The summed E-state index contributed by atoms with van der Waals surface area (Å²) < 4.78 is 0. The molecular formula is C64H48N2O. The molecule has 0 bridgehead atoms. The van der Waals surface area contributed by atoms with Gasteiger partial charge >= 0.3 is 0 Å². The van der Waals surface area contributed by atoms with Gasteiger partial charge in [-0.05, 0) is 122 Å². The molecule has 3 nitrogen and oxygen atoms in total. The van der Waals surface area contributed by atoms with Gasteiger partial charge in [-0.25, -0.2) is 0 Å². The smallest absolute Gasteiger partial charge is 0.193 e. The average molecular weight is 861 g/mol. The van der Waals surface area contributed by atoms with Crippen LogP contribution in [-0.2, 0) is 5.41 Å². The lowest BCUT2D eigenvalue weighted by Crippen LogP contribution is -2.30. The van der Waals surface area contributed by atoms with Crippen molar-refractivity contribution in [3.05, 3.63) is 277 Å². The van der Waals surface area contributed by atoms with Crippen molar-refractivity contribution < 1.29 is 4.79 Å². The summed E-state index contributed by atoms with van der Waals surface area (Å²) in [6, 6.07) is 89.6. The van der Waals surface area contributed by atoms with Gasteiger partial charge in [-0.2, -0.15) is 0 Å². The Labute approximate surface area is 393 Å². The fourth-order valence-corrected chi connectivity index (χ4v) is 9.65. The van der Waals surface area contributed by atoms with Gasteiger partial charge in [-0.1, -0.05) is 202 Å². The average Bonchev–Trinajstić information content (AvgIpc) is 3.40. The molecule has 1 heterocycles. The lowest BCUT2D eigenvalue weighted by molar-refractivity contribution is 0.103. The van der Waals surface area contributed by atoms with Crippen molar-refractivity contribution in [3.63, 3.8) is 0 Å². The van der Waals surface area contributed by atoms with E-state index in [1.54, 1.807) is 0 Å². The van der Waals surface area contributed by atoms with Gasteiger partial charge in [0.1, 0.15) is 0 Å². The Kier molecular flexibility index (Phi) is 10.7.